The summed E-state index contributed by atoms with van der Waals surface area (Å²) in [6, 6.07) is 8.72. The highest BCUT2D eigenvalue weighted by Gasteiger charge is 2.23. The molecular formula is C24H23ClN6O3. The molecule has 5 rings (SSSR count). The summed E-state index contributed by atoms with van der Waals surface area (Å²) < 4.78 is 11.0. The minimum Gasteiger partial charge on any atom is -0.496 e. The van der Waals surface area contributed by atoms with Gasteiger partial charge in [0.05, 0.1) is 35.8 Å². The molecule has 9 nitrogen and oxygen atoms in total. The Morgan fingerprint density at radius 2 is 2.00 bits per heavy atom. The fraction of sp³-hybridized carbons (Fsp3) is 0.250. The normalized spacial score (nSPS) is 14.1. The highest BCUT2D eigenvalue weighted by Crippen LogP contribution is 2.31. The van der Waals surface area contributed by atoms with Crippen LogP contribution in [0.2, 0.25) is 5.02 Å². The van der Waals surface area contributed by atoms with Gasteiger partial charge in [0.15, 0.2) is 0 Å². The van der Waals surface area contributed by atoms with Crippen molar-refractivity contribution in [2.24, 2.45) is 0 Å². The zero-order valence-electron chi connectivity index (χ0n) is 18.7. The number of carbonyl (C=O) groups excluding carboxylic acids is 1. The number of amides is 1. The molecule has 2 aromatic heterocycles. The van der Waals surface area contributed by atoms with E-state index in [9.17, 15) is 4.79 Å². The first-order valence-electron chi connectivity index (χ1n) is 10.7. The maximum atomic E-state index is 13.0. The van der Waals surface area contributed by atoms with E-state index in [0.717, 1.165) is 16.4 Å². The third-order valence-corrected chi connectivity index (χ3v) is 5.97. The molecule has 0 saturated carbocycles. The lowest BCUT2D eigenvalue weighted by atomic mass is 10.1. The van der Waals surface area contributed by atoms with Gasteiger partial charge in [-0.25, -0.2) is 15.0 Å². The van der Waals surface area contributed by atoms with Crippen molar-refractivity contribution in [2.75, 3.05) is 39.2 Å². The van der Waals surface area contributed by atoms with Crippen LogP contribution in [-0.2, 0) is 4.74 Å². The lowest BCUT2D eigenvalue weighted by molar-refractivity contribution is 0.0797. The molecule has 0 aliphatic carbocycles. The van der Waals surface area contributed by atoms with Gasteiger partial charge in [0.25, 0.3) is 5.91 Å². The van der Waals surface area contributed by atoms with Crippen molar-refractivity contribution in [2.45, 2.75) is 6.04 Å². The molecule has 0 fully saturated rings. The van der Waals surface area contributed by atoms with E-state index in [0.29, 0.717) is 53.2 Å². The molecular weight excluding hydrogens is 456 g/mol. The largest absolute Gasteiger partial charge is 0.496 e. The molecule has 1 aliphatic heterocycles. The van der Waals surface area contributed by atoms with Crippen molar-refractivity contribution < 1.29 is 14.3 Å². The summed E-state index contributed by atoms with van der Waals surface area (Å²) in [6.07, 6.45) is 5.40. The van der Waals surface area contributed by atoms with Crippen LogP contribution in [-0.4, -0.2) is 64.7 Å². The molecule has 10 heteroatoms. The van der Waals surface area contributed by atoms with Crippen molar-refractivity contribution in [3.63, 3.8) is 0 Å². The Bertz CT molecular complexity index is 1390. The number of aromatic amines is 1. The van der Waals surface area contributed by atoms with Crippen LogP contribution in [0.15, 0.2) is 48.8 Å². The van der Waals surface area contributed by atoms with Crippen molar-refractivity contribution in [3.8, 4) is 5.75 Å². The standard InChI is InChI=1S/C24H23ClN6O3/c1-33-12-20(23-28-17-6-5-14(25)9-19(17)29-23)30-22-15-11-21(34-2)16(10-18(15)26-13-27-22)24(32)31-7-3-4-8-31/h3-6,9-11,13,20H,7-8,12H2,1-2H3,(H,28,29)(H,26,27,30). The number of nitrogens with zero attached hydrogens (tertiary/aromatic N) is 4. The van der Waals surface area contributed by atoms with E-state index in [2.05, 4.69) is 25.3 Å². The van der Waals surface area contributed by atoms with Crippen LogP contribution >= 0.6 is 11.6 Å². The van der Waals surface area contributed by atoms with Gasteiger partial charge in [0.2, 0.25) is 0 Å². The number of aromatic nitrogens is 4. The molecule has 1 amide bonds. The number of methoxy groups -OCH3 is 2. The summed E-state index contributed by atoms with van der Waals surface area (Å²) in [4.78, 5) is 31.6. The van der Waals surface area contributed by atoms with E-state index in [-0.39, 0.29) is 11.9 Å². The lowest BCUT2D eigenvalue weighted by Crippen LogP contribution is -2.28. The van der Waals surface area contributed by atoms with Gasteiger partial charge in [0.1, 0.15) is 29.8 Å². The number of hydrogen-bond donors (Lipinski definition) is 2. The monoisotopic (exact) mass is 478 g/mol. The van der Waals surface area contributed by atoms with Gasteiger partial charge < -0.3 is 24.7 Å². The van der Waals surface area contributed by atoms with Gasteiger partial charge in [-0.05, 0) is 30.3 Å². The predicted molar refractivity (Wildman–Crippen MR) is 130 cm³/mol. The van der Waals surface area contributed by atoms with E-state index in [1.54, 1.807) is 37.3 Å². The minimum absolute atomic E-state index is 0.102. The number of ether oxygens (including phenoxy) is 2. The van der Waals surface area contributed by atoms with E-state index in [1.165, 1.54) is 6.33 Å². The van der Waals surface area contributed by atoms with Crippen LogP contribution < -0.4 is 10.1 Å². The number of anilines is 1. The average molecular weight is 479 g/mol. The van der Waals surface area contributed by atoms with Crippen molar-refractivity contribution in [1.29, 1.82) is 0 Å². The summed E-state index contributed by atoms with van der Waals surface area (Å²) in [7, 11) is 3.17. The van der Waals surface area contributed by atoms with Gasteiger partial charge in [-0.2, -0.15) is 0 Å². The molecule has 0 saturated heterocycles. The van der Waals surface area contributed by atoms with Gasteiger partial charge in [-0.15, -0.1) is 0 Å². The van der Waals surface area contributed by atoms with Crippen molar-refractivity contribution >= 4 is 45.3 Å². The Morgan fingerprint density at radius 1 is 1.18 bits per heavy atom. The van der Waals surface area contributed by atoms with Crippen molar-refractivity contribution in [3.05, 3.63) is 65.2 Å². The highest BCUT2D eigenvalue weighted by molar-refractivity contribution is 6.31. The molecule has 3 heterocycles. The van der Waals surface area contributed by atoms with Crippen LogP contribution in [0.25, 0.3) is 21.9 Å². The smallest absolute Gasteiger partial charge is 0.258 e. The Labute approximate surface area is 200 Å². The second-order valence-electron chi connectivity index (χ2n) is 7.91. The molecule has 2 aromatic carbocycles. The summed E-state index contributed by atoms with van der Waals surface area (Å²) in [5.74, 6) is 1.62. The van der Waals surface area contributed by atoms with Crippen LogP contribution in [0.3, 0.4) is 0 Å². The Balaban J connectivity index is 1.52. The lowest BCUT2D eigenvalue weighted by Gasteiger charge is -2.20. The number of benzene rings is 2. The fourth-order valence-corrected chi connectivity index (χ4v) is 4.20. The SMILES string of the molecule is COCC(Nc1ncnc2cc(C(=O)N3CC=CC3)c(OC)cc12)c1nc2cc(Cl)ccc2[nH]1. The topological polar surface area (TPSA) is 105 Å². The first kappa shape index (κ1) is 22.1. The number of carbonyl (C=O) groups is 1. The second kappa shape index (κ2) is 9.28. The van der Waals surface area contributed by atoms with Crippen LogP contribution in [0, 0.1) is 0 Å². The molecule has 34 heavy (non-hydrogen) atoms. The van der Waals surface area contributed by atoms with Gasteiger partial charge in [-0.1, -0.05) is 23.8 Å². The van der Waals surface area contributed by atoms with E-state index in [4.69, 9.17) is 21.1 Å². The van der Waals surface area contributed by atoms with Crippen LogP contribution in [0.4, 0.5) is 5.82 Å². The molecule has 2 N–H and O–H groups in total. The number of hydrogen-bond acceptors (Lipinski definition) is 7. The Kier molecular flexibility index (Phi) is 6.04. The quantitative estimate of drug-likeness (QED) is 0.387. The maximum absolute atomic E-state index is 13.0. The zero-order chi connectivity index (χ0) is 23.7. The van der Waals surface area contributed by atoms with E-state index < -0.39 is 0 Å². The summed E-state index contributed by atoms with van der Waals surface area (Å²) in [5, 5.41) is 4.74. The van der Waals surface area contributed by atoms with Gasteiger partial charge in [-0.3, -0.25) is 4.79 Å². The molecule has 0 spiro atoms. The Morgan fingerprint density at radius 3 is 2.76 bits per heavy atom. The first-order valence-corrected chi connectivity index (χ1v) is 11.1. The number of halogens is 1. The molecule has 1 aliphatic rings. The van der Waals surface area contributed by atoms with Crippen LogP contribution in [0.1, 0.15) is 22.2 Å². The molecule has 0 bridgehead atoms. The summed E-state index contributed by atoms with van der Waals surface area (Å²) in [6.45, 7) is 1.50. The number of H-pyrrole nitrogens is 1. The van der Waals surface area contributed by atoms with Crippen molar-refractivity contribution in [1.82, 2.24) is 24.8 Å². The molecule has 1 unspecified atom stereocenters. The summed E-state index contributed by atoms with van der Waals surface area (Å²) in [5.41, 5.74) is 2.72. The highest BCUT2D eigenvalue weighted by atomic mass is 35.5. The van der Waals surface area contributed by atoms with E-state index in [1.807, 2.05) is 24.3 Å². The zero-order valence-corrected chi connectivity index (χ0v) is 19.5. The number of rotatable bonds is 7. The third-order valence-electron chi connectivity index (χ3n) is 5.73. The fourth-order valence-electron chi connectivity index (χ4n) is 4.03. The predicted octanol–water partition coefficient (Wildman–Crippen LogP) is 3.98. The minimum atomic E-state index is -0.322. The third kappa shape index (κ3) is 4.15. The van der Waals surface area contributed by atoms with Gasteiger partial charge >= 0.3 is 0 Å². The Hall–Kier alpha value is -3.69. The summed E-state index contributed by atoms with van der Waals surface area (Å²) >= 11 is 6.12. The average Bonchev–Trinajstić information content (AvgIpc) is 3.52. The molecule has 0 radical (unpaired) electrons. The second-order valence-corrected chi connectivity index (χ2v) is 8.35. The molecule has 4 aromatic rings. The number of nitrogens with one attached hydrogen (secondary N) is 2. The number of fused-ring (bicyclic) bond motifs is 2. The first-order chi connectivity index (χ1) is 16.6. The molecule has 1 atom stereocenters. The van der Waals surface area contributed by atoms with E-state index >= 15 is 0 Å². The molecule has 174 valence electrons. The maximum Gasteiger partial charge on any atom is 0.258 e. The van der Waals surface area contributed by atoms with Crippen LogP contribution in [0.5, 0.6) is 5.75 Å². The number of imidazole rings is 1. The van der Waals surface area contributed by atoms with Gasteiger partial charge in [0, 0.05) is 30.6 Å².